The number of nitrogens with zero attached hydrogens (tertiary/aromatic N) is 1. The van der Waals surface area contributed by atoms with E-state index in [1.54, 1.807) is 11.3 Å². The lowest BCUT2D eigenvalue weighted by Crippen LogP contribution is -2.27. The van der Waals surface area contributed by atoms with E-state index < -0.39 is 0 Å². The summed E-state index contributed by atoms with van der Waals surface area (Å²) in [6, 6.07) is 1.94. The van der Waals surface area contributed by atoms with Crippen LogP contribution < -0.4 is 11.1 Å². The Morgan fingerprint density at radius 3 is 3.00 bits per heavy atom. The average Bonchev–Trinajstić information content (AvgIpc) is 2.97. The Balaban J connectivity index is 2.10. The predicted molar refractivity (Wildman–Crippen MR) is 72.6 cm³/mol. The second-order valence-electron chi connectivity index (χ2n) is 4.07. The lowest BCUT2D eigenvalue weighted by molar-refractivity contribution is 0.0936. The molecule has 5 nitrogen and oxygen atoms in total. The number of aryl methyl sites for hydroxylation is 1. The summed E-state index contributed by atoms with van der Waals surface area (Å²) in [6.07, 6.45) is 0.728. The van der Waals surface area contributed by atoms with Gasteiger partial charge >= 0.3 is 0 Å². The van der Waals surface area contributed by atoms with E-state index in [-0.39, 0.29) is 17.6 Å². The maximum atomic E-state index is 12.0. The summed E-state index contributed by atoms with van der Waals surface area (Å²) in [5, 5.41) is 13.6. The first-order chi connectivity index (χ1) is 8.63. The van der Waals surface area contributed by atoms with Gasteiger partial charge in [0.2, 0.25) is 0 Å². The third kappa shape index (κ3) is 2.38. The van der Waals surface area contributed by atoms with Crippen LogP contribution in [0.4, 0.5) is 5.69 Å². The number of hydrogen-bond donors (Lipinski definition) is 3. The van der Waals surface area contributed by atoms with Crippen molar-refractivity contribution >= 4 is 22.9 Å². The van der Waals surface area contributed by atoms with Crippen molar-refractivity contribution < 1.29 is 4.79 Å². The van der Waals surface area contributed by atoms with Crippen molar-refractivity contribution in [2.24, 2.45) is 0 Å². The molecule has 2 heterocycles. The van der Waals surface area contributed by atoms with Gasteiger partial charge in [0.1, 0.15) is 0 Å². The van der Waals surface area contributed by atoms with Gasteiger partial charge in [-0.2, -0.15) is 16.4 Å². The fourth-order valence-electron chi connectivity index (χ4n) is 1.70. The second-order valence-corrected chi connectivity index (χ2v) is 4.85. The molecule has 0 spiro atoms. The number of carbonyl (C=O) groups is 1. The molecule has 0 aliphatic carbocycles. The van der Waals surface area contributed by atoms with Crippen molar-refractivity contribution in [3.63, 3.8) is 0 Å². The second kappa shape index (κ2) is 5.22. The maximum Gasteiger partial charge on any atom is 0.274 e. The van der Waals surface area contributed by atoms with Crippen LogP contribution in [0.25, 0.3) is 0 Å². The van der Waals surface area contributed by atoms with Crippen LogP contribution in [-0.4, -0.2) is 16.1 Å². The van der Waals surface area contributed by atoms with Crippen molar-refractivity contribution in [1.82, 2.24) is 15.5 Å². The molecule has 0 aliphatic heterocycles. The summed E-state index contributed by atoms with van der Waals surface area (Å²) in [6.45, 7) is 3.89. The minimum Gasteiger partial charge on any atom is -0.395 e. The number of anilines is 1. The highest BCUT2D eigenvalue weighted by molar-refractivity contribution is 7.07. The van der Waals surface area contributed by atoms with Crippen LogP contribution in [-0.2, 0) is 6.42 Å². The first kappa shape index (κ1) is 12.6. The zero-order valence-corrected chi connectivity index (χ0v) is 11.2. The molecule has 0 bridgehead atoms. The lowest BCUT2D eigenvalue weighted by atomic mass is 10.1. The molecule has 1 unspecified atom stereocenters. The number of H-pyrrole nitrogens is 1. The SMILES string of the molecule is CCc1[nH]nc(C(=O)NC(C)c2ccsc2)c1N. The highest BCUT2D eigenvalue weighted by Gasteiger charge is 2.18. The third-order valence-electron chi connectivity index (χ3n) is 2.84. The fraction of sp³-hybridized carbons (Fsp3) is 0.333. The lowest BCUT2D eigenvalue weighted by Gasteiger charge is -2.11. The van der Waals surface area contributed by atoms with Crippen LogP contribution in [0.3, 0.4) is 0 Å². The molecule has 0 saturated carbocycles. The van der Waals surface area contributed by atoms with Crippen molar-refractivity contribution in [2.45, 2.75) is 26.3 Å². The van der Waals surface area contributed by atoms with Gasteiger partial charge in [0.05, 0.1) is 17.4 Å². The molecular formula is C12H16N4OS. The van der Waals surface area contributed by atoms with Gasteiger partial charge < -0.3 is 11.1 Å². The van der Waals surface area contributed by atoms with Crippen molar-refractivity contribution in [1.29, 1.82) is 0 Å². The summed E-state index contributed by atoms with van der Waals surface area (Å²) in [5.74, 6) is -0.248. The summed E-state index contributed by atoms with van der Waals surface area (Å²) < 4.78 is 0. The van der Waals surface area contributed by atoms with Crippen LogP contribution in [0.5, 0.6) is 0 Å². The molecule has 2 aromatic heterocycles. The largest absolute Gasteiger partial charge is 0.395 e. The van der Waals surface area contributed by atoms with E-state index in [9.17, 15) is 4.79 Å². The van der Waals surface area contributed by atoms with Crippen LogP contribution in [0.2, 0.25) is 0 Å². The van der Waals surface area contributed by atoms with Crippen LogP contribution in [0, 0.1) is 0 Å². The van der Waals surface area contributed by atoms with Gasteiger partial charge in [-0.05, 0) is 35.7 Å². The molecular weight excluding hydrogens is 248 g/mol. The summed E-state index contributed by atoms with van der Waals surface area (Å²) in [5.41, 5.74) is 8.44. The zero-order chi connectivity index (χ0) is 13.1. The molecule has 0 aromatic carbocycles. The van der Waals surface area contributed by atoms with Gasteiger partial charge in [-0.25, -0.2) is 0 Å². The number of nitrogen functional groups attached to an aromatic ring is 1. The Labute approximate surface area is 109 Å². The Morgan fingerprint density at radius 1 is 1.67 bits per heavy atom. The Bertz CT molecular complexity index is 532. The number of nitrogens with one attached hydrogen (secondary N) is 2. The van der Waals surface area contributed by atoms with Crippen molar-refractivity contribution in [2.75, 3.05) is 5.73 Å². The minimum absolute atomic E-state index is 0.0510. The topological polar surface area (TPSA) is 83.8 Å². The third-order valence-corrected chi connectivity index (χ3v) is 3.54. The monoisotopic (exact) mass is 264 g/mol. The highest BCUT2D eigenvalue weighted by atomic mass is 32.1. The van der Waals surface area contributed by atoms with Gasteiger partial charge in [-0.3, -0.25) is 9.89 Å². The predicted octanol–water partition coefficient (Wildman–Crippen LogP) is 2.11. The van der Waals surface area contributed by atoms with Gasteiger partial charge in [0.25, 0.3) is 5.91 Å². The van der Waals surface area contributed by atoms with E-state index in [4.69, 9.17) is 5.73 Å². The van der Waals surface area contributed by atoms with E-state index in [1.807, 2.05) is 30.7 Å². The minimum atomic E-state index is -0.248. The normalized spacial score (nSPS) is 12.3. The van der Waals surface area contributed by atoms with E-state index >= 15 is 0 Å². The molecule has 0 aliphatic rings. The molecule has 6 heteroatoms. The number of hydrogen-bond acceptors (Lipinski definition) is 4. The van der Waals surface area contributed by atoms with Gasteiger partial charge in [0, 0.05) is 0 Å². The number of thiophene rings is 1. The van der Waals surface area contributed by atoms with Crippen molar-refractivity contribution in [3.8, 4) is 0 Å². The highest BCUT2D eigenvalue weighted by Crippen LogP contribution is 2.18. The number of amides is 1. The number of carbonyl (C=O) groups excluding carboxylic acids is 1. The quantitative estimate of drug-likeness (QED) is 0.790. The number of nitrogens with two attached hydrogens (primary N) is 1. The summed E-state index contributed by atoms with van der Waals surface area (Å²) in [4.78, 5) is 12.0. The molecule has 0 saturated heterocycles. The number of aromatic amines is 1. The van der Waals surface area contributed by atoms with Gasteiger partial charge in [0.15, 0.2) is 5.69 Å². The molecule has 1 atom stereocenters. The average molecular weight is 264 g/mol. The molecule has 1 amide bonds. The molecule has 0 fully saturated rings. The van der Waals surface area contributed by atoms with Crippen LogP contribution in [0.15, 0.2) is 16.8 Å². The molecule has 2 rings (SSSR count). The molecule has 2 aromatic rings. The Hall–Kier alpha value is -1.82. The van der Waals surface area contributed by atoms with E-state index in [2.05, 4.69) is 15.5 Å². The van der Waals surface area contributed by atoms with Crippen molar-refractivity contribution in [3.05, 3.63) is 33.8 Å². The van der Waals surface area contributed by atoms with E-state index in [0.29, 0.717) is 5.69 Å². The van der Waals surface area contributed by atoms with Crippen LogP contribution >= 0.6 is 11.3 Å². The molecule has 0 radical (unpaired) electrons. The van der Waals surface area contributed by atoms with E-state index in [1.165, 1.54) is 0 Å². The molecule has 96 valence electrons. The summed E-state index contributed by atoms with van der Waals surface area (Å²) in [7, 11) is 0. The Morgan fingerprint density at radius 2 is 2.44 bits per heavy atom. The molecule has 18 heavy (non-hydrogen) atoms. The maximum absolute atomic E-state index is 12.0. The smallest absolute Gasteiger partial charge is 0.274 e. The summed E-state index contributed by atoms with van der Waals surface area (Å²) >= 11 is 1.60. The Kier molecular flexibility index (Phi) is 3.66. The van der Waals surface area contributed by atoms with Gasteiger partial charge in [-0.1, -0.05) is 6.92 Å². The van der Waals surface area contributed by atoms with E-state index in [0.717, 1.165) is 17.7 Å². The first-order valence-electron chi connectivity index (χ1n) is 5.79. The fourth-order valence-corrected chi connectivity index (χ4v) is 2.45. The first-order valence-corrected chi connectivity index (χ1v) is 6.73. The standard InChI is InChI=1S/C12H16N4OS/c1-3-9-10(13)11(16-15-9)12(17)14-7(2)8-4-5-18-6-8/h4-7H,3,13H2,1-2H3,(H,14,17)(H,15,16). The zero-order valence-electron chi connectivity index (χ0n) is 10.4. The van der Waals surface area contributed by atoms with Gasteiger partial charge in [-0.15, -0.1) is 0 Å². The number of rotatable bonds is 4. The molecule has 4 N–H and O–H groups in total. The number of aromatic nitrogens is 2. The van der Waals surface area contributed by atoms with Crippen LogP contribution in [0.1, 0.15) is 41.6 Å².